The summed E-state index contributed by atoms with van der Waals surface area (Å²) in [5, 5.41) is 0. The van der Waals surface area contributed by atoms with Crippen LogP contribution in [-0.4, -0.2) is 36.2 Å². The van der Waals surface area contributed by atoms with Crippen molar-refractivity contribution in [2.75, 3.05) is 14.2 Å². The van der Waals surface area contributed by atoms with Crippen LogP contribution < -0.4 is 0 Å². The molecule has 26 heavy (non-hydrogen) atoms. The highest BCUT2D eigenvalue weighted by atomic mass is 19.4. The van der Waals surface area contributed by atoms with Crippen molar-refractivity contribution < 1.29 is 22.3 Å². The second-order valence-corrected chi connectivity index (χ2v) is 7.38. The van der Waals surface area contributed by atoms with Crippen LogP contribution in [-0.2, 0) is 17.5 Å². The molecule has 1 aromatic carbocycles. The Hall–Kier alpha value is -1.60. The van der Waals surface area contributed by atoms with Gasteiger partial charge in [0.15, 0.2) is 11.5 Å². The zero-order valence-corrected chi connectivity index (χ0v) is 15.6. The molecule has 1 saturated carbocycles. The second-order valence-electron chi connectivity index (χ2n) is 7.38. The molecule has 1 aromatic heterocycles. The van der Waals surface area contributed by atoms with Crippen LogP contribution in [0, 0.1) is 0 Å². The maximum Gasteiger partial charge on any atom is 0.420 e. The van der Waals surface area contributed by atoms with Gasteiger partial charge in [-0.1, -0.05) is 13.8 Å². The van der Waals surface area contributed by atoms with E-state index in [1.807, 2.05) is 20.9 Å². The Morgan fingerprint density at radius 2 is 2.04 bits per heavy atom. The molecule has 1 heterocycles. The Morgan fingerprint density at radius 3 is 2.65 bits per heavy atom. The number of hydrogen-bond donors (Lipinski definition) is 0. The molecule has 0 saturated heterocycles. The lowest BCUT2D eigenvalue weighted by Crippen LogP contribution is -2.38. The first kappa shape index (κ1) is 19.2. The SMILES string of the molecule is CO[C@@H]1CCC[C@H]1N(C)Cc1cc(C(F)(F)F)c2oc(C(C)C)nc2c1. The van der Waals surface area contributed by atoms with Gasteiger partial charge in [0.2, 0.25) is 0 Å². The smallest absolute Gasteiger partial charge is 0.420 e. The lowest BCUT2D eigenvalue weighted by molar-refractivity contribution is -0.136. The summed E-state index contributed by atoms with van der Waals surface area (Å²) in [6, 6.07) is 3.10. The van der Waals surface area contributed by atoms with E-state index in [1.54, 1.807) is 13.2 Å². The fourth-order valence-corrected chi connectivity index (χ4v) is 3.75. The summed E-state index contributed by atoms with van der Waals surface area (Å²) in [5.74, 6) is 0.252. The number of alkyl halides is 3. The van der Waals surface area contributed by atoms with Crippen LogP contribution >= 0.6 is 0 Å². The van der Waals surface area contributed by atoms with Crippen molar-refractivity contribution >= 4 is 11.1 Å². The monoisotopic (exact) mass is 370 g/mol. The van der Waals surface area contributed by atoms with E-state index in [9.17, 15) is 13.2 Å². The fraction of sp³-hybridized carbons (Fsp3) is 0.632. The predicted octanol–water partition coefficient (Wildman–Crippen LogP) is 4.97. The quantitative estimate of drug-likeness (QED) is 0.745. The van der Waals surface area contributed by atoms with Crippen molar-refractivity contribution in [3.63, 3.8) is 0 Å². The van der Waals surface area contributed by atoms with Crippen LogP contribution in [0.2, 0.25) is 0 Å². The highest BCUT2D eigenvalue weighted by Gasteiger charge is 2.36. The number of halogens is 3. The maximum atomic E-state index is 13.5. The van der Waals surface area contributed by atoms with Crippen LogP contribution in [0.1, 0.15) is 56.0 Å². The van der Waals surface area contributed by atoms with Gasteiger partial charge in [-0.05, 0) is 44.0 Å². The van der Waals surface area contributed by atoms with E-state index in [4.69, 9.17) is 9.15 Å². The van der Waals surface area contributed by atoms with Gasteiger partial charge in [-0.3, -0.25) is 4.90 Å². The standard InChI is InChI=1S/C19H25F3N2O2/c1-11(2)18-23-14-9-12(8-13(17(14)26-18)19(20,21)22)10-24(3)15-6-5-7-16(15)25-4/h8-9,11,15-16H,5-7,10H2,1-4H3/t15-,16-/m1/s1. The third-order valence-electron chi connectivity index (χ3n) is 5.08. The van der Waals surface area contributed by atoms with Crippen molar-refractivity contribution in [2.45, 2.75) is 63.9 Å². The molecule has 0 spiro atoms. The number of fused-ring (bicyclic) bond motifs is 1. The summed E-state index contributed by atoms with van der Waals surface area (Å²) in [7, 11) is 3.62. The first-order valence-corrected chi connectivity index (χ1v) is 8.94. The molecule has 2 aromatic rings. The van der Waals surface area contributed by atoms with Gasteiger partial charge in [-0.2, -0.15) is 13.2 Å². The molecule has 3 rings (SSSR count). The van der Waals surface area contributed by atoms with E-state index in [-0.39, 0.29) is 29.2 Å². The minimum atomic E-state index is -4.48. The fourth-order valence-electron chi connectivity index (χ4n) is 3.75. The Balaban J connectivity index is 1.95. The van der Waals surface area contributed by atoms with Gasteiger partial charge < -0.3 is 9.15 Å². The van der Waals surface area contributed by atoms with Crippen molar-refractivity contribution in [3.8, 4) is 0 Å². The summed E-state index contributed by atoms with van der Waals surface area (Å²) in [4.78, 5) is 6.35. The number of hydrogen-bond acceptors (Lipinski definition) is 4. The van der Waals surface area contributed by atoms with Gasteiger partial charge in [-0.15, -0.1) is 0 Å². The number of oxazole rings is 1. The van der Waals surface area contributed by atoms with Gasteiger partial charge in [0, 0.05) is 25.6 Å². The molecule has 0 amide bonds. The normalized spacial score (nSPS) is 21.4. The summed E-state index contributed by atoms with van der Waals surface area (Å²) in [5.41, 5.74) is -0.0879. The number of nitrogens with zero attached hydrogens (tertiary/aromatic N) is 2. The van der Waals surface area contributed by atoms with Gasteiger partial charge in [-0.25, -0.2) is 4.98 Å². The van der Waals surface area contributed by atoms with Crippen molar-refractivity contribution in [3.05, 3.63) is 29.2 Å². The van der Waals surface area contributed by atoms with E-state index < -0.39 is 11.7 Å². The van der Waals surface area contributed by atoms with Gasteiger partial charge in [0.25, 0.3) is 0 Å². The summed E-state index contributed by atoms with van der Waals surface area (Å²) in [6.07, 6.45) is -1.31. The molecule has 2 atom stereocenters. The Morgan fingerprint density at radius 1 is 1.31 bits per heavy atom. The van der Waals surface area contributed by atoms with Gasteiger partial charge in [0.1, 0.15) is 11.1 Å². The van der Waals surface area contributed by atoms with Crippen molar-refractivity contribution in [2.24, 2.45) is 0 Å². The van der Waals surface area contributed by atoms with Crippen molar-refractivity contribution in [1.29, 1.82) is 0 Å². The van der Waals surface area contributed by atoms with Crippen molar-refractivity contribution in [1.82, 2.24) is 9.88 Å². The van der Waals surface area contributed by atoms with E-state index >= 15 is 0 Å². The van der Waals surface area contributed by atoms with Crippen LogP contribution in [0.5, 0.6) is 0 Å². The average molecular weight is 370 g/mol. The van der Waals surface area contributed by atoms with E-state index in [2.05, 4.69) is 9.88 Å². The second kappa shape index (κ2) is 7.19. The summed E-state index contributed by atoms with van der Waals surface area (Å²) in [6.45, 7) is 4.10. The minimum Gasteiger partial charge on any atom is -0.440 e. The minimum absolute atomic E-state index is 0.0736. The molecule has 1 fully saturated rings. The molecular formula is C19H25F3N2O2. The van der Waals surface area contributed by atoms with Crippen LogP contribution in [0.15, 0.2) is 16.5 Å². The molecular weight excluding hydrogens is 345 g/mol. The Bertz CT molecular complexity index is 770. The molecule has 0 bridgehead atoms. The van der Waals surface area contributed by atoms with Crippen LogP contribution in [0.25, 0.3) is 11.1 Å². The number of likely N-dealkylation sites (N-methyl/N-ethyl adjacent to an activating group) is 1. The maximum absolute atomic E-state index is 13.5. The third-order valence-corrected chi connectivity index (χ3v) is 5.08. The lowest BCUT2D eigenvalue weighted by Gasteiger charge is -2.29. The van der Waals surface area contributed by atoms with E-state index in [0.717, 1.165) is 19.3 Å². The first-order chi connectivity index (χ1) is 12.2. The lowest BCUT2D eigenvalue weighted by atomic mass is 10.1. The number of methoxy groups -OCH3 is 1. The molecule has 4 nitrogen and oxygen atoms in total. The molecule has 0 aliphatic heterocycles. The number of aromatic nitrogens is 1. The highest BCUT2D eigenvalue weighted by molar-refractivity contribution is 5.78. The topological polar surface area (TPSA) is 38.5 Å². The average Bonchev–Trinajstić information content (AvgIpc) is 3.19. The largest absolute Gasteiger partial charge is 0.440 e. The van der Waals surface area contributed by atoms with E-state index in [1.165, 1.54) is 6.07 Å². The molecule has 7 heteroatoms. The summed E-state index contributed by atoms with van der Waals surface area (Å²) >= 11 is 0. The van der Waals surface area contributed by atoms with Crippen LogP contribution in [0.3, 0.4) is 0 Å². The molecule has 0 radical (unpaired) electrons. The van der Waals surface area contributed by atoms with Gasteiger partial charge in [0.05, 0.1) is 6.10 Å². The highest BCUT2D eigenvalue weighted by Crippen LogP contribution is 2.37. The zero-order valence-electron chi connectivity index (χ0n) is 15.6. The first-order valence-electron chi connectivity index (χ1n) is 8.94. The zero-order chi connectivity index (χ0) is 19.1. The van der Waals surface area contributed by atoms with Gasteiger partial charge >= 0.3 is 6.18 Å². The molecule has 1 aliphatic carbocycles. The molecule has 0 N–H and O–H groups in total. The Kier molecular flexibility index (Phi) is 5.30. The Labute approximate surface area is 151 Å². The molecule has 144 valence electrons. The number of benzene rings is 1. The third kappa shape index (κ3) is 3.74. The molecule has 1 aliphatic rings. The number of rotatable bonds is 5. The van der Waals surface area contributed by atoms with Crippen LogP contribution in [0.4, 0.5) is 13.2 Å². The molecule has 0 unspecified atom stereocenters. The number of ether oxygens (including phenoxy) is 1. The van der Waals surface area contributed by atoms with E-state index in [0.29, 0.717) is 18.0 Å². The predicted molar refractivity (Wildman–Crippen MR) is 93.0 cm³/mol. The summed E-state index contributed by atoms with van der Waals surface area (Å²) < 4.78 is 51.6.